The van der Waals surface area contributed by atoms with Crippen LogP contribution in [0.15, 0.2) is 18.3 Å². The van der Waals surface area contributed by atoms with Crippen LogP contribution in [0.4, 0.5) is 5.82 Å². The van der Waals surface area contributed by atoms with Crippen LogP contribution < -0.4 is 10.6 Å². The van der Waals surface area contributed by atoms with Crippen LogP contribution in [0.1, 0.15) is 51.0 Å². The number of nitrogens with one attached hydrogen (secondary N) is 3. The van der Waals surface area contributed by atoms with E-state index in [1.54, 1.807) is 13.8 Å². The Labute approximate surface area is 142 Å². The maximum atomic E-state index is 12.3. The van der Waals surface area contributed by atoms with E-state index < -0.39 is 0 Å². The Morgan fingerprint density at radius 2 is 1.92 bits per heavy atom. The first-order chi connectivity index (χ1) is 11.4. The molecule has 6 heteroatoms. The van der Waals surface area contributed by atoms with Gasteiger partial charge >= 0.3 is 0 Å². The van der Waals surface area contributed by atoms with Crippen molar-refractivity contribution in [1.82, 2.24) is 15.3 Å². The number of pyridine rings is 1. The van der Waals surface area contributed by atoms with Gasteiger partial charge in [0.05, 0.1) is 11.3 Å². The predicted molar refractivity (Wildman–Crippen MR) is 94.7 cm³/mol. The highest BCUT2D eigenvalue weighted by Gasteiger charge is 2.19. The SMILES string of the molecule is CC(=O)c1[nH]c(C)c(C(=O)NCCCNc2ccc(C)cn2)c1C. The normalized spacial score (nSPS) is 10.5. The number of carbonyl (C=O) groups excluding carboxylic acids is 2. The minimum Gasteiger partial charge on any atom is -0.370 e. The van der Waals surface area contributed by atoms with E-state index in [-0.39, 0.29) is 11.7 Å². The van der Waals surface area contributed by atoms with Crippen LogP contribution in [0.2, 0.25) is 0 Å². The van der Waals surface area contributed by atoms with Crippen LogP contribution in [-0.2, 0) is 0 Å². The van der Waals surface area contributed by atoms with E-state index in [1.807, 2.05) is 25.3 Å². The monoisotopic (exact) mass is 328 g/mol. The number of Topliss-reactive ketones (excluding diaryl/α,β-unsaturated/α-hetero) is 1. The van der Waals surface area contributed by atoms with Crippen molar-refractivity contribution in [3.05, 3.63) is 46.4 Å². The van der Waals surface area contributed by atoms with Gasteiger partial charge in [0.25, 0.3) is 5.91 Å². The van der Waals surface area contributed by atoms with Gasteiger partial charge in [-0.05, 0) is 44.4 Å². The number of aryl methyl sites for hydroxylation is 2. The molecular weight excluding hydrogens is 304 g/mol. The van der Waals surface area contributed by atoms with Crippen molar-refractivity contribution >= 4 is 17.5 Å². The molecule has 0 aliphatic heterocycles. The molecule has 6 nitrogen and oxygen atoms in total. The number of aromatic nitrogens is 2. The summed E-state index contributed by atoms with van der Waals surface area (Å²) in [6, 6.07) is 3.94. The van der Waals surface area contributed by atoms with Crippen LogP contribution >= 0.6 is 0 Å². The number of hydrogen-bond donors (Lipinski definition) is 3. The zero-order valence-electron chi connectivity index (χ0n) is 14.6. The number of ketones is 1. The highest BCUT2D eigenvalue weighted by molar-refractivity contribution is 6.02. The van der Waals surface area contributed by atoms with Gasteiger partial charge in [0.15, 0.2) is 5.78 Å². The standard InChI is InChI=1S/C18H24N4O2/c1-11-6-7-15(21-10-11)19-8-5-9-20-18(24)16-12(2)17(14(4)23)22-13(16)3/h6-7,10,22H,5,8-9H2,1-4H3,(H,19,21)(H,20,24). The summed E-state index contributed by atoms with van der Waals surface area (Å²) < 4.78 is 0. The summed E-state index contributed by atoms with van der Waals surface area (Å²) in [6.45, 7) is 8.36. The molecule has 2 rings (SSSR count). The zero-order chi connectivity index (χ0) is 17.7. The van der Waals surface area contributed by atoms with Gasteiger partial charge in [0.1, 0.15) is 5.82 Å². The number of nitrogens with zero attached hydrogens (tertiary/aromatic N) is 1. The molecule has 3 N–H and O–H groups in total. The summed E-state index contributed by atoms with van der Waals surface area (Å²) >= 11 is 0. The lowest BCUT2D eigenvalue weighted by atomic mass is 10.1. The molecule has 2 aromatic rings. The molecule has 0 unspecified atom stereocenters. The smallest absolute Gasteiger partial charge is 0.253 e. The van der Waals surface area contributed by atoms with Gasteiger partial charge in [0.2, 0.25) is 0 Å². The van der Waals surface area contributed by atoms with Gasteiger partial charge < -0.3 is 15.6 Å². The number of anilines is 1. The van der Waals surface area contributed by atoms with Crippen LogP contribution in [0.5, 0.6) is 0 Å². The molecule has 0 fully saturated rings. The molecule has 1 amide bonds. The highest BCUT2D eigenvalue weighted by atomic mass is 16.1. The first-order valence-electron chi connectivity index (χ1n) is 8.05. The molecule has 24 heavy (non-hydrogen) atoms. The van der Waals surface area contributed by atoms with Crippen LogP contribution in [0, 0.1) is 20.8 Å². The summed E-state index contributed by atoms with van der Waals surface area (Å²) in [5, 5.41) is 6.11. The van der Waals surface area contributed by atoms with Crippen molar-refractivity contribution in [3.63, 3.8) is 0 Å². The first kappa shape index (κ1) is 17.7. The summed E-state index contributed by atoms with van der Waals surface area (Å²) in [5.74, 6) is 0.613. The third kappa shape index (κ3) is 4.22. The van der Waals surface area contributed by atoms with E-state index in [0.717, 1.165) is 30.0 Å². The molecule has 128 valence electrons. The maximum Gasteiger partial charge on any atom is 0.253 e. The molecule has 0 atom stereocenters. The molecule has 0 bridgehead atoms. The van der Waals surface area contributed by atoms with Crippen molar-refractivity contribution in [2.45, 2.75) is 34.1 Å². The fraction of sp³-hybridized carbons (Fsp3) is 0.389. The minimum atomic E-state index is -0.151. The predicted octanol–water partition coefficient (Wildman–Crippen LogP) is 2.77. The molecule has 0 aromatic carbocycles. The lowest BCUT2D eigenvalue weighted by Gasteiger charge is -2.08. The van der Waals surface area contributed by atoms with Gasteiger partial charge in [-0.15, -0.1) is 0 Å². The van der Waals surface area contributed by atoms with E-state index >= 15 is 0 Å². The summed E-state index contributed by atoms with van der Waals surface area (Å²) in [6.07, 6.45) is 2.59. The fourth-order valence-corrected chi connectivity index (χ4v) is 2.61. The van der Waals surface area contributed by atoms with Gasteiger partial charge in [0, 0.05) is 31.9 Å². The quantitative estimate of drug-likeness (QED) is 0.539. The van der Waals surface area contributed by atoms with Crippen molar-refractivity contribution < 1.29 is 9.59 Å². The molecule has 0 spiro atoms. The van der Waals surface area contributed by atoms with Crippen molar-refractivity contribution in [1.29, 1.82) is 0 Å². The van der Waals surface area contributed by atoms with Gasteiger partial charge in [-0.1, -0.05) is 6.07 Å². The Kier molecular flexibility index (Phi) is 5.73. The number of rotatable bonds is 7. The Hall–Kier alpha value is -2.63. The molecule has 0 saturated carbocycles. The average Bonchev–Trinajstić information content (AvgIpc) is 2.83. The maximum absolute atomic E-state index is 12.3. The second-order valence-corrected chi connectivity index (χ2v) is 5.94. The second-order valence-electron chi connectivity index (χ2n) is 5.94. The molecular formula is C18H24N4O2. The van der Waals surface area contributed by atoms with E-state index in [1.165, 1.54) is 6.92 Å². The molecule has 2 heterocycles. The van der Waals surface area contributed by atoms with Crippen LogP contribution in [-0.4, -0.2) is 34.7 Å². The first-order valence-corrected chi connectivity index (χ1v) is 8.05. The summed E-state index contributed by atoms with van der Waals surface area (Å²) in [7, 11) is 0. The number of amides is 1. The number of carbonyl (C=O) groups is 2. The molecule has 0 aliphatic carbocycles. The third-order valence-electron chi connectivity index (χ3n) is 3.87. The molecule has 0 radical (unpaired) electrons. The van der Waals surface area contributed by atoms with Gasteiger partial charge in [-0.25, -0.2) is 4.98 Å². The Morgan fingerprint density at radius 3 is 2.50 bits per heavy atom. The third-order valence-corrected chi connectivity index (χ3v) is 3.87. The Morgan fingerprint density at radius 1 is 1.17 bits per heavy atom. The number of H-pyrrole nitrogens is 1. The Bertz CT molecular complexity index is 732. The highest BCUT2D eigenvalue weighted by Crippen LogP contribution is 2.18. The topological polar surface area (TPSA) is 86.9 Å². The van der Waals surface area contributed by atoms with Crippen LogP contribution in [0.25, 0.3) is 0 Å². The molecule has 2 aromatic heterocycles. The average molecular weight is 328 g/mol. The largest absolute Gasteiger partial charge is 0.370 e. The Balaban J connectivity index is 1.81. The fourth-order valence-electron chi connectivity index (χ4n) is 2.61. The lowest BCUT2D eigenvalue weighted by Crippen LogP contribution is -2.26. The zero-order valence-corrected chi connectivity index (χ0v) is 14.6. The van der Waals surface area contributed by atoms with E-state index in [0.29, 0.717) is 23.4 Å². The van der Waals surface area contributed by atoms with E-state index in [9.17, 15) is 9.59 Å². The van der Waals surface area contributed by atoms with Crippen molar-refractivity contribution in [3.8, 4) is 0 Å². The van der Waals surface area contributed by atoms with Gasteiger partial charge in [-0.2, -0.15) is 0 Å². The van der Waals surface area contributed by atoms with Crippen molar-refractivity contribution in [2.24, 2.45) is 0 Å². The molecule has 0 saturated heterocycles. The van der Waals surface area contributed by atoms with Crippen LogP contribution in [0.3, 0.4) is 0 Å². The second kappa shape index (κ2) is 7.77. The van der Waals surface area contributed by atoms with Crippen molar-refractivity contribution in [2.75, 3.05) is 18.4 Å². The van der Waals surface area contributed by atoms with E-state index in [2.05, 4.69) is 20.6 Å². The number of hydrogen-bond acceptors (Lipinski definition) is 4. The summed E-state index contributed by atoms with van der Waals surface area (Å²) in [4.78, 5) is 31.1. The lowest BCUT2D eigenvalue weighted by molar-refractivity contribution is 0.0952. The minimum absolute atomic E-state index is 0.0653. The summed E-state index contributed by atoms with van der Waals surface area (Å²) in [5.41, 5.74) is 3.62. The molecule has 0 aliphatic rings. The van der Waals surface area contributed by atoms with E-state index in [4.69, 9.17) is 0 Å². The van der Waals surface area contributed by atoms with Gasteiger partial charge in [-0.3, -0.25) is 9.59 Å². The number of aromatic amines is 1.